The minimum Gasteiger partial charge on any atom is -0.490 e. The van der Waals surface area contributed by atoms with Gasteiger partial charge in [0.15, 0.2) is 17.3 Å². The average Bonchev–Trinajstić information content (AvgIpc) is 3.25. The quantitative estimate of drug-likeness (QED) is 0.211. The molecule has 2 aromatic carbocycles. The number of halogens is 3. The van der Waals surface area contributed by atoms with E-state index in [1.165, 1.54) is 12.5 Å². The van der Waals surface area contributed by atoms with Crippen LogP contribution in [0.2, 0.25) is 10.0 Å². The standard InChI is InChI=1S/C21H17Cl2IN2O4/c1-2-28-19-10-14(11-25-26-21(27)18-4-3-7-29-18)9-17(24)20(19)30-12-13-5-6-15(22)16(23)8-13/h3-11H,2,12H2,1H3,(H,26,27)/b25-11-. The average molecular weight is 559 g/mol. The van der Waals surface area contributed by atoms with E-state index in [9.17, 15) is 4.79 Å². The first-order valence-electron chi connectivity index (χ1n) is 8.88. The van der Waals surface area contributed by atoms with Gasteiger partial charge in [-0.25, -0.2) is 5.43 Å². The highest BCUT2D eigenvalue weighted by Crippen LogP contribution is 2.35. The van der Waals surface area contributed by atoms with Crippen molar-refractivity contribution < 1.29 is 18.7 Å². The first-order valence-corrected chi connectivity index (χ1v) is 10.7. The van der Waals surface area contributed by atoms with Crippen LogP contribution in [0.25, 0.3) is 0 Å². The number of carbonyl (C=O) groups excluding carboxylic acids is 1. The number of furan rings is 1. The lowest BCUT2D eigenvalue weighted by Crippen LogP contribution is -2.16. The van der Waals surface area contributed by atoms with Crippen LogP contribution in [0.4, 0.5) is 0 Å². The Balaban J connectivity index is 1.73. The molecule has 3 rings (SSSR count). The molecule has 0 fully saturated rings. The molecule has 0 spiro atoms. The molecule has 1 aromatic heterocycles. The van der Waals surface area contributed by atoms with E-state index in [1.807, 2.05) is 19.1 Å². The summed E-state index contributed by atoms with van der Waals surface area (Å²) in [5.74, 6) is 0.934. The van der Waals surface area contributed by atoms with Crippen LogP contribution in [-0.4, -0.2) is 18.7 Å². The van der Waals surface area contributed by atoms with E-state index < -0.39 is 5.91 Å². The summed E-state index contributed by atoms with van der Waals surface area (Å²) < 4.78 is 17.6. The maximum absolute atomic E-state index is 11.9. The Kier molecular flexibility index (Phi) is 8.01. The molecule has 6 nitrogen and oxygen atoms in total. The second-order valence-corrected chi connectivity index (χ2v) is 7.95. The van der Waals surface area contributed by atoms with Crippen LogP contribution in [0.3, 0.4) is 0 Å². The minimum atomic E-state index is -0.433. The largest absolute Gasteiger partial charge is 0.490 e. The van der Waals surface area contributed by atoms with Crippen LogP contribution in [0, 0.1) is 3.57 Å². The van der Waals surface area contributed by atoms with Gasteiger partial charge in [-0.3, -0.25) is 4.79 Å². The summed E-state index contributed by atoms with van der Waals surface area (Å²) in [7, 11) is 0. The third kappa shape index (κ3) is 5.90. The molecule has 0 saturated heterocycles. The molecule has 1 N–H and O–H groups in total. The number of hydrogen-bond donors (Lipinski definition) is 1. The highest BCUT2D eigenvalue weighted by molar-refractivity contribution is 14.1. The molecule has 156 valence electrons. The van der Waals surface area contributed by atoms with E-state index in [0.29, 0.717) is 34.8 Å². The lowest BCUT2D eigenvalue weighted by molar-refractivity contribution is 0.0927. The fourth-order valence-electron chi connectivity index (χ4n) is 2.48. The maximum Gasteiger partial charge on any atom is 0.307 e. The van der Waals surface area contributed by atoms with Crippen LogP contribution in [0.15, 0.2) is 58.2 Å². The second kappa shape index (κ2) is 10.7. The number of nitrogens with one attached hydrogen (secondary N) is 1. The number of ether oxygens (including phenoxy) is 2. The van der Waals surface area contributed by atoms with Crippen LogP contribution < -0.4 is 14.9 Å². The summed E-state index contributed by atoms with van der Waals surface area (Å²) in [6.07, 6.45) is 2.94. The smallest absolute Gasteiger partial charge is 0.307 e. The van der Waals surface area contributed by atoms with Crippen molar-refractivity contribution in [3.8, 4) is 11.5 Å². The van der Waals surface area contributed by atoms with E-state index in [1.54, 1.807) is 30.3 Å². The van der Waals surface area contributed by atoms with Gasteiger partial charge in [-0.1, -0.05) is 29.3 Å². The number of nitrogens with zero attached hydrogens (tertiary/aromatic N) is 1. The van der Waals surface area contributed by atoms with Gasteiger partial charge in [-0.2, -0.15) is 5.10 Å². The zero-order valence-corrected chi connectivity index (χ0v) is 19.5. The van der Waals surface area contributed by atoms with Gasteiger partial charge in [-0.05, 0) is 77.0 Å². The third-order valence-corrected chi connectivity index (χ3v) is 5.36. The summed E-state index contributed by atoms with van der Waals surface area (Å²) in [4.78, 5) is 11.9. The fourth-order valence-corrected chi connectivity index (χ4v) is 3.58. The molecule has 0 aliphatic carbocycles. The molecule has 0 saturated carbocycles. The summed E-state index contributed by atoms with van der Waals surface area (Å²) in [5, 5.41) is 4.94. The summed E-state index contributed by atoms with van der Waals surface area (Å²) >= 11 is 14.2. The molecule has 0 unspecified atom stereocenters. The fraction of sp³-hybridized carbons (Fsp3) is 0.143. The van der Waals surface area contributed by atoms with Gasteiger partial charge in [0.1, 0.15) is 6.61 Å². The number of benzene rings is 2. The van der Waals surface area contributed by atoms with Crippen molar-refractivity contribution >= 4 is 57.9 Å². The predicted molar refractivity (Wildman–Crippen MR) is 125 cm³/mol. The van der Waals surface area contributed by atoms with E-state index >= 15 is 0 Å². The van der Waals surface area contributed by atoms with Gasteiger partial charge in [0, 0.05) is 0 Å². The number of amides is 1. The SMILES string of the molecule is CCOc1cc(/C=N\NC(=O)c2ccco2)cc(I)c1OCc1ccc(Cl)c(Cl)c1. The predicted octanol–water partition coefficient (Wildman–Crippen LogP) is 5.93. The van der Waals surface area contributed by atoms with E-state index in [4.69, 9.17) is 37.1 Å². The van der Waals surface area contributed by atoms with Crippen molar-refractivity contribution in [2.75, 3.05) is 6.61 Å². The molecule has 0 atom stereocenters. The van der Waals surface area contributed by atoms with Crippen molar-refractivity contribution in [2.24, 2.45) is 5.10 Å². The Labute approximate surface area is 197 Å². The van der Waals surface area contributed by atoms with Gasteiger partial charge in [0.2, 0.25) is 0 Å². The van der Waals surface area contributed by atoms with Crippen molar-refractivity contribution in [2.45, 2.75) is 13.5 Å². The highest BCUT2D eigenvalue weighted by atomic mass is 127. The molecule has 0 aliphatic heterocycles. The monoisotopic (exact) mass is 558 g/mol. The van der Waals surface area contributed by atoms with Gasteiger partial charge < -0.3 is 13.9 Å². The number of hydrogen-bond acceptors (Lipinski definition) is 5. The van der Waals surface area contributed by atoms with Crippen LogP contribution in [0.1, 0.15) is 28.6 Å². The summed E-state index contributed by atoms with van der Waals surface area (Å²) in [6.45, 7) is 2.66. The van der Waals surface area contributed by atoms with Crippen LogP contribution in [-0.2, 0) is 6.61 Å². The summed E-state index contributed by atoms with van der Waals surface area (Å²) in [6, 6.07) is 12.2. The first kappa shape index (κ1) is 22.5. The van der Waals surface area contributed by atoms with Crippen molar-refractivity contribution in [1.82, 2.24) is 5.43 Å². The molecule has 0 radical (unpaired) electrons. The normalized spacial score (nSPS) is 10.9. The second-order valence-electron chi connectivity index (χ2n) is 5.98. The van der Waals surface area contributed by atoms with Crippen LogP contribution in [0.5, 0.6) is 11.5 Å². The molecule has 0 bridgehead atoms. The molecule has 9 heteroatoms. The number of hydrazone groups is 1. The molecular formula is C21H17Cl2IN2O4. The maximum atomic E-state index is 11.9. The molecule has 3 aromatic rings. The Morgan fingerprint density at radius 3 is 2.73 bits per heavy atom. The number of rotatable bonds is 8. The van der Waals surface area contributed by atoms with Gasteiger partial charge in [0.05, 0.1) is 32.7 Å². The summed E-state index contributed by atoms with van der Waals surface area (Å²) in [5.41, 5.74) is 4.04. The van der Waals surface area contributed by atoms with Gasteiger partial charge >= 0.3 is 5.91 Å². The Hall–Kier alpha value is -2.23. The van der Waals surface area contributed by atoms with E-state index in [2.05, 4.69) is 33.1 Å². The Morgan fingerprint density at radius 1 is 1.20 bits per heavy atom. The first-order chi connectivity index (χ1) is 14.5. The number of carbonyl (C=O) groups is 1. The zero-order chi connectivity index (χ0) is 21.5. The minimum absolute atomic E-state index is 0.183. The lowest BCUT2D eigenvalue weighted by Gasteiger charge is -2.15. The Bertz CT molecular complexity index is 1060. The topological polar surface area (TPSA) is 73.1 Å². The van der Waals surface area contributed by atoms with Gasteiger partial charge in [0.25, 0.3) is 0 Å². The van der Waals surface area contributed by atoms with E-state index in [0.717, 1.165) is 14.7 Å². The lowest BCUT2D eigenvalue weighted by atomic mass is 10.2. The van der Waals surface area contributed by atoms with E-state index in [-0.39, 0.29) is 5.76 Å². The molecule has 1 heterocycles. The zero-order valence-electron chi connectivity index (χ0n) is 15.8. The highest BCUT2D eigenvalue weighted by Gasteiger charge is 2.13. The molecule has 30 heavy (non-hydrogen) atoms. The molecular weight excluding hydrogens is 542 g/mol. The van der Waals surface area contributed by atoms with Crippen molar-refractivity contribution in [1.29, 1.82) is 0 Å². The van der Waals surface area contributed by atoms with Gasteiger partial charge in [-0.15, -0.1) is 0 Å². The van der Waals surface area contributed by atoms with Crippen molar-refractivity contribution in [3.05, 3.63) is 79.2 Å². The Morgan fingerprint density at radius 2 is 2.03 bits per heavy atom. The molecule has 0 aliphatic rings. The van der Waals surface area contributed by atoms with Crippen LogP contribution >= 0.6 is 45.8 Å². The molecule has 1 amide bonds. The third-order valence-electron chi connectivity index (χ3n) is 3.82. The van der Waals surface area contributed by atoms with Crippen molar-refractivity contribution in [3.63, 3.8) is 0 Å².